The molecule has 0 atom stereocenters. The Labute approximate surface area is 173 Å². The second-order valence-corrected chi connectivity index (χ2v) is 7.43. The zero-order chi connectivity index (χ0) is 21.0. The lowest BCUT2D eigenvalue weighted by atomic mass is 10.1. The molecule has 0 amide bonds. The number of ketones is 1. The predicted molar refractivity (Wildman–Crippen MR) is 113 cm³/mol. The van der Waals surface area contributed by atoms with Crippen molar-refractivity contribution in [3.8, 4) is 5.82 Å². The Morgan fingerprint density at radius 2 is 1.90 bits per heavy atom. The van der Waals surface area contributed by atoms with Gasteiger partial charge in [-0.2, -0.15) is 0 Å². The normalized spacial score (nSPS) is 11.2. The van der Waals surface area contributed by atoms with Gasteiger partial charge in [-0.25, -0.2) is 4.79 Å². The van der Waals surface area contributed by atoms with E-state index in [2.05, 4.69) is 5.16 Å². The zero-order valence-electron chi connectivity index (χ0n) is 16.8. The maximum atomic E-state index is 12.6. The van der Waals surface area contributed by atoms with Crippen molar-refractivity contribution >= 4 is 29.6 Å². The average molecular weight is 410 g/mol. The fourth-order valence-electron chi connectivity index (χ4n) is 3.00. The summed E-state index contributed by atoms with van der Waals surface area (Å²) in [6.07, 6.45) is 4.99. The number of hydrogen-bond donors (Lipinski definition) is 0. The van der Waals surface area contributed by atoms with E-state index < -0.39 is 5.97 Å². The van der Waals surface area contributed by atoms with Crippen LogP contribution in [-0.4, -0.2) is 34.3 Å². The maximum Gasteiger partial charge on any atom is 0.331 e. The van der Waals surface area contributed by atoms with Crippen molar-refractivity contribution < 1.29 is 18.8 Å². The molecule has 3 rings (SSSR count). The van der Waals surface area contributed by atoms with Crippen molar-refractivity contribution in [3.63, 3.8) is 0 Å². The van der Waals surface area contributed by atoms with Crippen molar-refractivity contribution in [1.29, 1.82) is 0 Å². The van der Waals surface area contributed by atoms with Gasteiger partial charge >= 0.3 is 5.97 Å². The summed E-state index contributed by atoms with van der Waals surface area (Å²) in [4.78, 5) is 25.7. The van der Waals surface area contributed by atoms with Crippen LogP contribution in [-0.2, 0) is 9.53 Å². The van der Waals surface area contributed by atoms with Crippen molar-refractivity contribution in [2.75, 3.05) is 12.9 Å². The lowest BCUT2D eigenvalue weighted by Gasteiger charge is -2.05. The molecule has 29 heavy (non-hydrogen) atoms. The topological polar surface area (TPSA) is 74.3 Å². The van der Waals surface area contributed by atoms with E-state index in [1.165, 1.54) is 6.08 Å². The van der Waals surface area contributed by atoms with Crippen LogP contribution in [0.4, 0.5) is 0 Å². The van der Waals surface area contributed by atoms with Gasteiger partial charge in [-0.05, 0) is 56.9 Å². The number of thioether (sulfide) groups is 1. The van der Waals surface area contributed by atoms with Crippen LogP contribution in [0.3, 0.4) is 0 Å². The molecular weight excluding hydrogens is 388 g/mol. The molecule has 0 N–H and O–H groups in total. The molecule has 2 heterocycles. The first-order valence-corrected chi connectivity index (χ1v) is 10.3. The third-order valence-electron chi connectivity index (χ3n) is 4.45. The van der Waals surface area contributed by atoms with Gasteiger partial charge in [-0.3, -0.25) is 9.36 Å². The van der Waals surface area contributed by atoms with E-state index in [0.29, 0.717) is 17.1 Å². The molecule has 2 aromatic heterocycles. The molecule has 0 radical (unpaired) electrons. The highest BCUT2D eigenvalue weighted by Gasteiger charge is 2.19. The quantitative estimate of drug-likeness (QED) is 0.246. The smallest absolute Gasteiger partial charge is 0.331 e. The van der Waals surface area contributed by atoms with Crippen molar-refractivity contribution in [2.45, 2.75) is 25.7 Å². The Bertz CT molecular complexity index is 1060. The largest absolute Gasteiger partial charge is 0.454 e. The summed E-state index contributed by atoms with van der Waals surface area (Å²) in [5.74, 6) is 0.469. The van der Waals surface area contributed by atoms with Crippen LogP contribution in [0.15, 0.2) is 51.9 Å². The van der Waals surface area contributed by atoms with E-state index in [1.54, 1.807) is 36.9 Å². The van der Waals surface area contributed by atoms with Gasteiger partial charge in [0, 0.05) is 34.0 Å². The highest BCUT2D eigenvalue weighted by molar-refractivity contribution is 7.98. The summed E-state index contributed by atoms with van der Waals surface area (Å²) in [7, 11) is 0. The molecule has 0 aliphatic carbocycles. The monoisotopic (exact) mass is 410 g/mol. The fraction of sp³-hybridized carbons (Fsp3) is 0.227. The van der Waals surface area contributed by atoms with Gasteiger partial charge in [-0.1, -0.05) is 17.3 Å². The first-order valence-electron chi connectivity index (χ1n) is 9.03. The van der Waals surface area contributed by atoms with Crippen LogP contribution in [0.2, 0.25) is 0 Å². The number of nitrogens with zero attached hydrogens (tertiary/aromatic N) is 2. The van der Waals surface area contributed by atoms with Gasteiger partial charge in [0.1, 0.15) is 5.76 Å². The van der Waals surface area contributed by atoms with E-state index >= 15 is 0 Å². The Kier molecular flexibility index (Phi) is 6.39. The van der Waals surface area contributed by atoms with Crippen molar-refractivity contribution in [3.05, 3.63) is 70.7 Å². The third-order valence-corrected chi connectivity index (χ3v) is 5.19. The number of esters is 1. The second kappa shape index (κ2) is 8.96. The van der Waals surface area contributed by atoms with Gasteiger partial charge < -0.3 is 9.26 Å². The minimum absolute atomic E-state index is 0.268. The van der Waals surface area contributed by atoms with Gasteiger partial charge in [0.15, 0.2) is 12.4 Å². The van der Waals surface area contributed by atoms with E-state index in [9.17, 15) is 9.59 Å². The fourth-order valence-corrected chi connectivity index (χ4v) is 3.41. The summed E-state index contributed by atoms with van der Waals surface area (Å²) in [5, 5.41) is 4.00. The van der Waals surface area contributed by atoms with Crippen LogP contribution in [0, 0.1) is 20.8 Å². The maximum absolute atomic E-state index is 12.6. The first kappa shape index (κ1) is 20.7. The number of Topliss-reactive ketones (excluding diaryl/α,β-unsaturated/α-hetero) is 1. The molecule has 7 heteroatoms. The molecule has 0 spiro atoms. The molecular formula is C22H22N2O4S. The van der Waals surface area contributed by atoms with E-state index in [1.807, 2.05) is 48.9 Å². The lowest BCUT2D eigenvalue weighted by Crippen LogP contribution is -2.13. The predicted octanol–water partition coefficient (Wildman–Crippen LogP) is 4.55. The Morgan fingerprint density at radius 3 is 2.52 bits per heavy atom. The molecule has 0 saturated carbocycles. The Hall–Kier alpha value is -3.06. The molecule has 0 aliphatic heterocycles. The van der Waals surface area contributed by atoms with Gasteiger partial charge in [0.05, 0.1) is 0 Å². The van der Waals surface area contributed by atoms with Crippen molar-refractivity contribution in [2.24, 2.45) is 0 Å². The number of carbonyl (C=O) groups is 2. The number of hydrogen-bond acceptors (Lipinski definition) is 6. The number of carbonyl (C=O) groups excluding carboxylic acids is 2. The minimum Gasteiger partial charge on any atom is -0.454 e. The Balaban J connectivity index is 1.63. The summed E-state index contributed by atoms with van der Waals surface area (Å²) in [6.45, 7) is 5.19. The lowest BCUT2D eigenvalue weighted by molar-refractivity contribution is -0.136. The number of ether oxygens (including phenoxy) is 1. The minimum atomic E-state index is -0.562. The van der Waals surface area contributed by atoms with Crippen LogP contribution in [0.1, 0.15) is 33.1 Å². The van der Waals surface area contributed by atoms with Crippen LogP contribution < -0.4 is 0 Å². The molecule has 1 aromatic carbocycles. The van der Waals surface area contributed by atoms with E-state index in [-0.39, 0.29) is 12.4 Å². The van der Waals surface area contributed by atoms with Gasteiger partial charge in [-0.15, -0.1) is 11.8 Å². The summed E-state index contributed by atoms with van der Waals surface area (Å²) in [5.41, 5.74) is 2.95. The highest BCUT2D eigenvalue weighted by atomic mass is 32.2. The van der Waals surface area contributed by atoms with Crippen molar-refractivity contribution in [1.82, 2.24) is 9.72 Å². The standard InChI is InChI=1S/C22H22N2O4S/c1-14-11-19(16(3)24(14)21-12-15(2)28-23-21)20(25)13-27-22(26)10-7-17-5-8-18(29-4)9-6-17/h5-12H,13H2,1-4H3/b10-7+. The second-order valence-electron chi connectivity index (χ2n) is 6.55. The molecule has 150 valence electrons. The highest BCUT2D eigenvalue weighted by Crippen LogP contribution is 2.21. The van der Waals surface area contributed by atoms with Crippen LogP contribution in [0.25, 0.3) is 11.9 Å². The molecule has 0 bridgehead atoms. The Morgan fingerprint density at radius 1 is 1.17 bits per heavy atom. The third kappa shape index (κ3) is 4.86. The average Bonchev–Trinajstić information content (AvgIpc) is 3.26. The number of aryl methyl sites for hydroxylation is 2. The number of aromatic nitrogens is 2. The summed E-state index contributed by atoms with van der Waals surface area (Å²) >= 11 is 1.65. The number of benzene rings is 1. The molecule has 0 aliphatic rings. The first-order chi connectivity index (χ1) is 13.9. The SMILES string of the molecule is CSc1ccc(/C=C/C(=O)OCC(=O)c2cc(C)n(-c3cc(C)on3)c2C)cc1. The summed E-state index contributed by atoms with van der Waals surface area (Å²) < 4.78 is 12.1. The summed E-state index contributed by atoms with van der Waals surface area (Å²) in [6, 6.07) is 11.3. The van der Waals surface area contributed by atoms with Crippen LogP contribution >= 0.6 is 11.8 Å². The van der Waals surface area contributed by atoms with E-state index in [4.69, 9.17) is 9.26 Å². The molecule has 3 aromatic rings. The molecule has 0 fully saturated rings. The molecule has 0 unspecified atom stereocenters. The molecule has 0 saturated heterocycles. The zero-order valence-corrected chi connectivity index (χ0v) is 17.6. The number of rotatable bonds is 7. The van der Waals surface area contributed by atoms with Gasteiger partial charge in [0.2, 0.25) is 5.78 Å². The van der Waals surface area contributed by atoms with E-state index in [0.717, 1.165) is 21.8 Å². The van der Waals surface area contributed by atoms with Crippen LogP contribution in [0.5, 0.6) is 0 Å². The van der Waals surface area contributed by atoms with Gasteiger partial charge in [0.25, 0.3) is 0 Å². The molecule has 6 nitrogen and oxygen atoms in total.